The molecule has 1 fully saturated rings. The van der Waals surface area contributed by atoms with Crippen LogP contribution in [0.2, 0.25) is 0 Å². The number of rotatable bonds is 3. The molecule has 0 aliphatic carbocycles. The van der Waals surface area contributed by atoms with Crippen molar-refractivity contribution in [1.82, 2.24) is 29.4 Å². The molecule has 2 aromatic heterocycles. The molecule has 7 heteroatoms. The molecule has 7 nitrogen and oxygen atoms in total. The zero-order valence-corrected chi connectivity index (χ0v) is 14.1. The minimum Gasteiger partial charge on any atom is -0.336 e. The topological polar surface area (TPSA) is 59.2 Å². The fourth-order valence-corrected chi connectivity index (χ4v) is 3.12. The summed E-state index contributed by atoms with van der Waals surface area (Å²) in [4.78, 5) is 17.0. The van der Waals surface area contributed by atoms with E-state index >= 15 is 0 Å². The summed E-state index contributed by atoms with van der Waals surface area (Å²) in [6, 6.07) is 1.86. The molecule has 1 aliphatic rings. The maximum atomic E-state index is 12.7. The van der Waals surface area contributed by atoms with Crippen LogP contribution >= 0.6 is 0 Å². The van der Waals surface area contributed by atoms with Gasteiger partial charge >= 0.3 is 0 Å². The van der Waals surface area contributed by atoms with Gasteiger partial charge in [0, 0.05) is 58.6 Å². The minimum absolute atomic E-state index is 0.0799. The van der Waals surface area contributed by atoms with E-state index in [2.05, 4.69) is 15.1 Å². The summed E-state index contributed by atoms with van der Waals surface area (Å²) in [5.74, 6) is 0.0799. The number of hydrogen-bond donors (Lipinski definition) is 0. The van der Waals surface area contributed by atoms with Crippen LogP contribution < -0.4 is 0 Å². The van der Waals surface area contributed by atoms with Gasteiger partial charge in [-0.05, 0) is 19.4 Å². The third-order valence-corrected chi connectivity index (χ3v) is 4.26. The zero-order valence-electron chi connectivity index (χ0n) is 14.1. The van der Waals surface area contributed by atoms with Crippen molar-refractivity contribution in [2.75, 3.05) is 26.2 Å². The number of nitrogens with zero attached hydrogens (tertiary/aromatic N) is 6. The predicted molar refractivity (Wildman–Crippen MR) is 87.0 cm³/mol. The lowest BCUT2D eigenvalue weighted by molar-refractivity contribution is 0.0750. The summed E-state index contributed by atoms with van der Waals surface area (Å²) in [6.45, 7) is 6.24. The Morgan fingerprint density at radius 3 is 2.70 bits per heavy atom. The molecule has 3 rings (SSSR count). The first-order valence-electron chi connectivity index (χ1n) is 8.03. The monoisotopic (exact) mass is 316 g/mol. The molecule has 3 heterocycles. The zero-order chi connectivity index (χ0) is 16.4. The highest BCUT2D eigenvalue weighted by molar-refractivity contribution is 5.92. The lowest BCUT2D eigenvalue weighted by Crippen LogP contribution is -2.36. The van der Waals surface area contributed by atoms with Crippen LogP contribution in [0.3, 0.4) is 0 Å². The third-order valence-electron chi connectivity index (χ3n) is 4.26. The van der Waals surface area contributed by atoms with E-state index in [4.69, 9.17) is 0 Å². The standard InChI is InChI=1S/C16H24N6O/c1-13-9-15(20(3)18-13)16(23)22-6-4-5-21(7-8-22)12-14-10-17-19(2)11-14/h9-11H,4-8,12H2,1-3H3. The van der Waals surface area contributed by atoms with E-state index in [0.29, 0.717) is 5.69 Å². The lowest BCUT2D eigenvalue weighted by atomic mass is 10.3. The van der Waals surface area contributed by atoms with E-state index in [-0.39, 0.29) is 5.91 Å². The van der Waals surface area contributed by atoms with Crippen LogP contribution in [0.15, 0.2) is 18.5 Å². The molecule has 0 radical (unpaired) electrons. The lowest BCUT2D eigenvalue weighted by Gasteiger charge is -2.21. The predicted octanol–water partition coefficient (Wildman–Crippen LogP) is 0.810. The van der Waals surface area contributed by atoms with Gasteiger partial charge in [0.1, 0.15) is 5.69 Å². The van der Waals surface area contributed by atoms with E-state index in [1.165, 1.54) is 5.56 Å². The van der Waals surface area contributed by atoms with E-state index in [0.717, 1.165) is 44.8 Å². The first-order valence-corrected chi connectivity index (χ1v) is 8.03. The maximum Gasteiger partial charge on any atom is 0.272 e. The normalized spacial score (nSPS) is 16.6. The number of aromatic nitrogens is 4. The van der Waals surface area contributed by atoms with Gasteiger partial charge in [-0.25, -0.2) is 0 Å². The molecule has 0 N–H and O–H groups in total. The first-order chi connectivity index (χ1) is 11.0. The van der Waals surface area contributed by atoms with E-state index in [1.54, 1.807) is 4.68 Å². The van der Waals surface area contributed by atoms with Crippen molar-refractivity contribution in [3.8, 4) is 0 Å². The van der Waals surface area contributed by atoms with Crippen molar-refractivity contribution < 1.29 is 4.79 Å². The summed E-state index contributed by atoms with van der Waals surface area (Å²) in [7, 11) is 3.76. The second-order valence-electron chi connectivity index (χ2n) is 6.24. The van der Waals surface area contributed by atoms with Crippen molar-refractivity contribution in [3.63, 3.8) is 0 Å². The molecular formula is C16H24N6O. The van der Waals surface area contributed by atoms with Crippen LogP contribution in [-0.2, 0) is 20.6 Å². The molecule has 23 heavy (non-hydrogen) atoms. The van der Waals surface area contributed by atoms with Crippen LogP contribution in [0.4, 0.5) is 0 Å². The molecular weight excluding hydrogens is 292 g/mol. The van der Waals surface area contributed by atoms with Crippen molar-refractivity contribution in [2.24, 2.45) is 14.1 Å². The van der Waals surface area contributed by atoms with Gasteiger partial charge in [0.25, 0.3) is 5.91 Å². The average Bonchev–Trinajstić information content (AvgIpc) is 2.96. The fraction of sp³-hybridized carbons (Fsp3) is 0.562. The molecule has 0 bridgehead atoms. The Kier molecular flexibility index (Phi) is 4.47. The summed E-state index contributed by atoms with van der Waals surface area (Å²) in [6.07, 6.45) is 4.95. The third kappa shape index (κ3) is 3.61. The average molecular weight is 316 g/mol. The number of hydrogen-bond acceptors (Lipinski definition) is 4. The minimum atomic E-state index is 0.0799. The molecule has 0 aromatic carbocycles. The second kappa shape index (κ2) is 6.54. The molecule has 124 valence electrons. The highest BCUT2D eigenvalue weighted by Crippen LogP contribution is 2.12. The maximum absolute atomic E-state index is 12.7. The van der Waals surface area contributed by atoms with Gasteiger partial charge in [-0.3, -0.25) is 19.1 Å². The molecule has 2 aromatic rings. The largest absolute Gasteiger partial charge is 0.336 e. The molecule has 0 unspecified atom stereocenters. The van der Waals surface area contributed by atoms with Crippen molar-refractivity contribution in [2.45, 2.75) is 19.9 Å². The molecule has 1 aliphatic heterocycles. The second-order valence-corrected chi connectivity index (χ2v) is 6.24. The quantitative estimate of drug-likeness (QED) is 0.841. The van der Waals surface area contributed by atoms with Crippen LogP contribution in [0.5, 0.6) is 0 Å². The molecule has 0 saturated carbocycles. The van der Waals surface area contributed by atoms with Gasteiger partial charge in [0.15, 0.2) is 0 Å². The summed E-state index contributed by atoms with van der Waals surface area (Å²) >= 11 is 0. The Morgan fingerprint density at radius 2 is 2.04 bits per heavy atom. The number of carbonyl (C=O) groups is 1. The van der Waals surface area contributed by atoms with Gasteiger partial charge in [-0.15, -0.1) is 0 Å². The fourth-order valence-electron chi connectivity index (χ4n) is 3.12. The van der Waals surface area contributed by atoms with E-state index in [1.807, 2.05) is 49.1 Å². The smallest absolute Gasteiger partial charge is 0.272 e. The Bertz CT molecular complexity index is 689. The SMILES string of the molecule is Cc1cc(C(=O)N2CCCN(Cc3cnn(C)c3)CC2)n(C)n1. The first kappa shape index (κ1) is 15.7. The van der Waals surface area contributed by atoms with Crippen LogP contribution in [0.1, 0.15) is 28.2 Å². The number of amides is 1. The van der Waals surface area contributed by atoms with Crippen LogP contribution in [0, 0.1) is 6.92 Å². The molecule has 1 saturated heterocycles. The van der Waals surface area contributed by atoms with Crippen molar-refractivity contribution in [1.29, 1.82) is 0 Å². The summed E-state index contributed by atoms with van der Waals surface area (Å²) in [5, 5.41) is 8.49. The Balaban J connectivity index is 1.62. The highest BCUT2D eigenvalue weighted by Gasteiger charge is 2.22. The van der Waals surface area contributed by atoms with E-state index < -0.39 is 0 Å². The van der Waals surface area contributed by atoms with Crippen molar-refractivity contribution in [3.05, 3.63) is 35.4 Å². The van der Waals surface area contributed by atoms with Gasteiger partial charge in [0.2, 0.25) is 0 Å². The number of aryl methyl sites for hydroxylation is 3. The summed E-state index contributed by atoms with van der Waals surface area (Å²) in [5.41, 5.74) is 2.77. The van der Waals surface area contributed by atoms with Gasteiger partial charge in [-0.2, -0.15) is 10.2 Å². The molecule has 1 amide bonds. The van der Waals surface area contributed by atoms with Gasteiger partial charge in [0.05, 0.1) is 11.9 Å². The molecule has 0 spiro atoms. The van der Waals surface area contributed by atoms with Crippen molar-refractivity contribution >= 4 is 5.91 Å². The Labute approximate surface area is 136 Å². The Morgan fingerprint density at radius 1 is 1.22 bits per heavy atom. The Hall–Kier alpha value is -2.15. The number of carbonyl (C=O) groups excluding carboxylic acids is 1. The highest BCUT2D eigenvalue weighted by atomic mass is 16.2. The van der Waals surface area contributed by atoms with Gasteiger partial charge in [-0.1, -0.05) is 0 Å². The van der Waals surface area contributed by atoms with Crippen LogP contribution in [-0.4, -0.2) is 61.4 Å². The van der Waals surface area contributed by atoms with Crippen LogP contribution in [0.25, 0.3) is 0 Å². The summed E-state index contributed by atoms with van der Waals surface area (Å²) < 4.78 is 3.50. The van der Waals surface area contributed by atoms with E-state index in [9.17, 15) is 4.79 Å². The van der Waals surface area contributed by atoms with Gasteiger partial charge < -0.3 is 4.90 Å². The molecule has 0 atom stereocenters.